The number of hydrogen-bond donors (Lipinski definition) is 3. The van der Waals surface area contributed by atoms with Crippen LogP contribution in [0.2, 0.25) is 0 Å². The maximum Gasteiger partial charge on any atom is 0.407 e. The van der Waals surface area contributed by atoms with Crippen LogP contribution in [0.25, 0.3) is 11.1 Å². The first-order valence-corrected chi connectivity index (χ1v) is 11.6. The van der Waals surface area contributed by atoms with Crippen LogP contribution in [0.4, 0.5) is 4.79 Å². The van der Waals surface area contributed by atoms with E-state index < -0.39 is 24.1 Å². The maximum atomic E-state index is 12.8. The fourth-order valence-corrected chi connectivity index (χ4v) is 5.05. The molecule has 0 aromatic heterocycles. The highest BCUT2D eigenvalue weighted by Crippen LogP contribution is 2.44. The normalized spacial score (nSPS) is 20.9. The molecule has 4 rings (SSSR count). The fourth-order valence-electron chi connectivity index (χ4n) is 5.05. The number of rotatable bonds is 9. The Bertz CT molecular complexity index is 1030. The van der Waals surface area contributed by atoms with Crippen LogP contribution in [0.3, 0.4) is 0 Å². The number of hydrogen-bond acceptors (Lipinski definition) is 5. The van der Waals surface area contributed by atoms with E-state index in [1.807, 2.05) is 31.2 Å². The van der Waals surface area contributed by atoms with Gasteiger partial charge in [-0.15, -0.1) is 0 Å². The molecular weight excluding hydrogens is 436 g/mol. The molecular formula is C26H30N2O6. The van der Waals surface area contributed by atoms with Gasteiger partial charge in [0.15, 0.2) is 0 Å². The summed E-state index contributed by atoms with van der Waals surface area (Å²) in [5, 5.41) is 14.3. The first kappa shape index (κ1) is 23.8. The molecule has 2 unspecified atom stereocenters. The van der Waals surface area contributed by atoms with Crippen LogP contribution in [-0.4, -0.2) is 55.5 Å². The molecule has 2 aliphatic rings. The summed E-state index contributed by atoms with van der Waals surface area (Å²) < 4.78 is 10.6. The molecule has 2 aromatic carbocycles. The van der Waals surface area contributed by atoms with Crippen molar-refractivity contribution in [1.82, 2.24) is 10.6 Å². The molecule has 1 saturated carbocycles. The van der Waals surface area contributed by atoms with Crippen LogP contribution in [0, 0.1) is 5.41 Å². The largest absolute Gasteiger partial charge is 0.480 e. The second-order valence-corrected chi connectivity index (χ2v) is 9.03. The Morgan fingerprint density at radius 1 is 1.06 bits per heavy atom. The summed E-state index contributed by atoms with van der Waals surface area (Å²) in [6.07, 6.45) is 1.61. The van der Waals surface area contributed by atoms with Crippen molar-refractivity contribution < 1.29 is 29.0 Å². The monoisotopic (exact) mass is 466 g/mol. The third-order valence-electron chi connectivity index (χ3n) is 6.87. The molecule has 0 aliphatic heterocycles. The standard InChI is InChI=1S/C26H30N2O6/c1-26(24(31)27-13-14-33-16-23(29)30)12-6-11-22(26)28-25(32)34-15-21-19-9-4-2-7-17(19)18-8-3-5-10-20(18)21/h2-5,7-10,21-22H,6,11-16H2,1H3,(H,27,31)(H,28,32)(H,29,30). The van der Waals surface area contributed by atoms with Crippen molar-refractivity contribution in [2.45, 2.75) is 38.1 Å². The summed E-state index contributed by atoms with van der Waals surface area (Å²) in [5.74, 6) is -1.27. The van der Waals surface area contributed by atoms with Crippen molar-refractivity contribution >= 4 is 18.0 Å². The van der Waals surface area contributed by atoms with Crippen LogP contribution in [0.1, 0.15) is 43.2 Å². The second-order valence-electron chi connectivity index (χ2n) is 9.03. The lowest BCUT2D eigenvalue weighted by Gasteiger charge is -2.30. The number of ether oxygens (including phenoxy) is 2. The van der Waals surface area contributed by atoms with E-state index in [1.54, 1.807) is 0 Å². The Morgan fingerprint density at radius 2 is 1.71 bits per heavy atom. The van der Waals surface area contributed by atoms with E-state index in [2.05, 4.69) is 34.9 Å². The second kappa shape index (κ2) is 10.3. The topological polar surface area (TPSA) is 114 Å². The number of carbonyl (C=O) groups is 3. The molecule has 34 heavy (non-hydrogen) atoms. The summed E-state index contributed by atoms with van der Waals surface area (Å²) in [7, 11) is 0. The number of carboxylic acid groups (broad SMARTS) is 1. The summed E-state index contributed by atoms with van der Waals surface area (Å²) >= 11 is 0. The Kier molecular flexibility index (Phi) is 7.17. The number of amides is 2. The van der Waals surface area contributed by atoms with Crippen LogP contribution < -0.4 is 10.6 Å². The number of fused-ring (bicyclic) bond motifs is 3. The van der Waals surface area contributed by atoms with Gasteiger partial charge in [-0.05, 0) is 42.0 Å². The molecule has 2 aromatic rings. The van der Waals surface area contributed by atoms with Crippen LogP contribution >= 0.6 is 0 Å². The zero-order valence-electron chi connectivity index (χ0n) is 19.2. The average molecular weight is 467 g/mol. The Labute approximate surface area is 198 Å². The fraction of sp³-hybridized carbons (Fsp3) is 0.423. The SMILES string of the molecule is CC1(C(=O)NCCOCC(=O)O)CCCC1NC(=O)OCC1c2ccccc2-c2ccccc21. The summed E-state index contributed by atoms with van der Waals surface area (Å²) in [4.78, 5) is 36.0. The van der Waals surface area contributed by atoms with Crippen molar-refractivity contribution in [3.8, 4) is 11.1 Å². The van der Waals surface area contributed by atoms with Gasteiger partial charge in [0, 0.05) is 18.5 Å². The Morgan fingerprint density at radius 3 is 2.35 bits per heavy atom. The van der Waals surface area contributed by atoms with E-state index in [-0.39, 0.29) is 37.6 Å². The first-order valence-electron chi connectivity index (χ1n) is 11.6. The molecule has 2 aliphatic carbocycles. The first-order chi connectivity index (χ1) is 16.4. The lowest BCUT2D eigenvalue weighted by molar-refractivity contribution is -0.142. The summed E-state index contributed by atoms with van der Waals surface area (Å²) in [5.41, 5.74) is 3.86. The lowest BCUT2D eigenvalue weighted by Crippen LogP contribution is -2.51. The predicted molar refractivity (Wildman–Crippen MR) is 125 cm³/mol. The third kappa shape index (κ3) is 4.92. The minimum absolute atomic E-state index is 0.0257. The highest BCUT2D eigenvalue weighted by atomic mass is 16.5. The van der Waals surface area contributed by atoms with Gasteiger partial charge < -0.3 is 25.2 Å². The minimum Gasteiger partial charge on any atom is -0.480 e. The van der Waals surface area contributed by atoms with E-state index in [4.69, 9.17) is 14.6 Å². The van der Waals surface area contributed by atoms with Gasteiger partial charge in [0.05, 0.1) is 12.0 Å². The molecule has 0 radical (unpaired) electrons. The van der Waals surface area contributed by atoms with Crippen molar-refractivity contribution in [2.75, 3.05) is 26.4 Å². The molecule has 0 heterocycles. The average Bonchev–Trinajstić information content (AvgIpc) is 3.35. The van der Waals surface area contributed by atoms with E-state index >= 15 is 0 Å². The molecule has 180 valence electrons. The van der Waals surface area contributed by atoms with Crippen LogP contribution in [-0.2, 0) is 19.1 Å². The molecule has 2 atom stereocenters. The highest BCUT2D eigenvalue weighted by Gasteiger charge is 2.46. The number of carbonyl (C=O) groups excluding carboxylic acids is 2. The molecule has 1 fully saturated rings. The Hall–Kier alpha value is -3.39. The number of nitrogens with one attached hydrogen (secondary N) is 2. The van der Waals surface area contributed by atoms with Gasteiger partial charge in [0.1, 0.15) is 13.2 Å². The number of alkyl carbamates (subject to hydrolysis) is 1. The number of carboxylic acids is 1. The van der Waals surface area contributed by atoms with Gasteiger partial charge in [-0.2, -0.15) is 0 Å². The van der Waals surface area contributed by atoms with E-state index in [9.17, 15) is 14.4 Å². The van der Waals surface area contributed by atoms with E-state index in [1.165, 1.54) is 11.1 Å². The Balaban J connectivity index is 1.32. The summed E-state index contributed by atoms with van der Waals surface area (Å²) in [6.45, 7) is 1.97. The molecule has 0 saturated heterocycles. The predicted octanol–water partition coefficient (Wildman–Crippen LogP) is 3.30. The zero-order valence-corrected chi connectivity index (χ0v) is 19.2. The minimum atomic E-state index is -1.05. The maximum absolute atomic E-state index is 12.8. The quantitative estimate of drug-likeness (QED) is 0.489. The number of aliphatic carboxylic acids is 1. The zero-order chi connectivity index (χ0) is 24.1. The van der Waals surface area contributed by atoms with Crippen LogP contribution in [0.5, 0.6) is 0 Å². The lowest BCUT2D eigenvalue weighted by atomic mass is 9.83. The van der Waals surface area contributed by atoms with E-state index in [0.29, 0.717) is 12.8 Å². The van der Waals surface area contributed by atoms with Gasteiger partial charge in [0.2, 0.25) is 5.91 Å². The number of benzene rings is 2. The van der Waals surface area contributed by atoms with Gasteiger partial charge in [-0.25, -0.2) is 9.59 Å². The van der Waals surface area contributed by atoms with Crippen molar-refractivity contribution in [1.29, 1.82) is 0 Å². The molecule has 2 amide bonds. The summed E-state index contributed by atoms with van der Waals surface area (Å²) in [6, 6.07) is 16.0. The molecule has 8 nitrogen and oxygen atoms in total. The molecule has 3 N–H and O–H groups in total. The van der Waals surface area contributed by atoms with Crippen molar-refractivity contribution in [2.24, 2.45) is 5.41 Å². The molecule has 0 spiro atoms. The smallest absolute Gasteiger partial charge is 0.407 e. The molecule has 0 bridgehead atoms. The van der Waals surface area contributed by atoms with Gasteiger partial charge in [-0.3, -0.25) is 4.79 Å². The van der Waals surface area contributed by atoms with Crippen LogP contribution in [0.15, 0.2) is 48.5 Å². The van der Waals surface area contributed by atoms with Crippen molar-refractivity contribution in [3.05, 3.63) is 59.7 Å². The highest BCUT2D eigenvalue weighted by molar-refractivity contribution is 5.84. The van der Waals surface area contributed by atoms with E-state index in [0.717, 1.165) is 17.5 Å². The molecule has 8 heteroatoms. The third-order valence-corrected chi connectivity index (χ3v) is 6.87. The van der Waals surface area contributed by atoms with Gasteiger partial charge >= 0.3 is 12.1 Å². The van der Waals surface area contributed by atoms with Gasteiger partial charge in [0.25, 0.3) is 0 Å². The van der Waals surface area contributed by atoms with Crippen molar-refractivity contribution in [3.63, 3.8) is 0 Å². The van der Waals surface area contributed by atoms with Gasteiger partial charge in [-0.1, -0.05) is 55.0 Å².